The van der Waals surface area contributed by atoms with E-state index in [0.717, 1.165) is 18.8 Å². The largest absolute Gasteiger partial charge is 0.299 e. The summed E-state index contributed by atoms with van der Waals surface area (Å²) < 4.78 is 0. The molecular formula is C30H48O. The lowest BCUT2D eigenvalue weighted by Crippen LogP contribution is -2.66. The number of carbonyl (C=O) groups is 1. The summed E-state index contributed by atoms with van der Waals surface area (Å²) in [6.07, 6.45) is 12.6. The SMILES string of the molecule is CC(C)C1=C2[C@H]3CC[C@@H]4[C@@]5(C)C(=O)CCC(C)(C)[C@@H]5CC[C@@]4(C)[C@]3(C)CC[C@@]2(C)CC1. The Morgan fingerprint density at radius 2 is 1.45 bits per heavy atom. The van der Waals surface area contributed by atoms with Crippen molar-refractivity contribution in [3.05, 3.63) is 11.1 Å². The monoisotopic (exact) mass is 424 g/mol. The smallest absolute Gasteiger partial charge is 0.139 e. The molecule has 0 aromatic carbocycles. The first kappa shape index (κ1) is 22.2. The normalized spacial score (nSPS) is 51.3. The Morgan fingerprint density at radius 3 is 2.13 bits per heavy atom. The van der Waals surface area contributed by atoms with E-state index in [4.69, 9.17) is 0 Å². The highest BCUT2D eigenvalue weighted by molar-refractivity contribution is 5.86. The van der Waals surface area contributed by atoms with Gasteiger partial charge in [-0.05, 0) is 103 Å². The van der Waals surface area contributed by atoms with Crippen molar-refractivity contribution in [2.75, 3.05) is 0 Å². The molecule has 5 rings (SSSR count). The summed E-state index contributed by atoms with van der Waals surface area (Å²) in [5.74, 6) is 3.20. The number of ketones is 1. The zero-order valence-electron chi connectivity index (χ0n) is 21.8. The minimum absolute atomic E-state index is 0.103. The van der Waals surface area contributed by atoms with Crippen LogP contribution in [0.1, 0.15) is 120 Å². The zero-order chi connectivity index (χ0) is 22.6. The van der Waals surface area contributed by atoms with E-state index in [1.54, 1.807) is 0 Å². The van der Waals surface area contributed by atoms with E-state index in [1.165, 1.54) is 51.4 Å². The summed E-state index contributed by atoms with van der Waals surface area (Å²) >= 11 is 0. The molecule has 4 saturated carbocycles. The van der Waals surface area contributed by atoms with Crippen LogP contribution in [-0.2, 0) is 4.79 Å². The molecule has 0 amide bonds. The van der Waals surface area contributed by atoms with Gasteiger partial charge in [-0.25, -0.2) is 0 Å². The average molecular weight is 425 g/mol. The van der Waals surface area contributed by atoms with Crippen molar-refractivity contribution in [3.8, 4) is 0 Å². The lowest BCUT2D eigenvalue weighted by atomic mass is 9.33. The van der Waals surface area contributed by atoms with E-state index in [2.05, 4.69) is 55.4 Å². The third-order valence-corrected chi connectivity index (χ3v) is 12.7. The average Bonchev–Trinajstić information content (AvgIpc) is 3.04. The maximum atomic E-state index is 13.7. The van der Waals surface area contributed by atoms with Crippen LogP contribution in [0.25, 0.3) is 0 Å². The van der Waals surface area contributed by atoms with Crippen LogP contribution in [0.3, 0.4) is 0 Å². The summed E-state index contributed by atoms with van der Waals surface area (Å²) in [4.78, 5) is 13.7. The molecule has 0 aromatic heterocycles. The van der Waals surface area contributed by atoms with Crippen molar-refractivity contribution >= 4 is 5.78 Å². The summed E-state index contributed by atoms with van der Waals surface area (Å²) in [6.45, 7) is 20.1. The van der Waals surface area contributed by atoms with Crippen molar-refractivity contribution in [1.29, 1.82) is 0 Å². The van der Waals surface area contributed by atoms with Gasteiger partial charge in [-0.1, -0.05) is 66.5 Å². The fourth-order valence-electron chi connectivity index (χ4n) is 10.7. The molecule has 31 heavy (non-hydrogen) atoms. The van der Waals surface area contributed by atoms with E-state index < -0.39 is 0 Å². The third-order valence-electron chi connectivity index (χ3n) is 12.7. The van der Waals surface area contributed by atoms with Crippen molar-refractivity contribution < 1.29 is 4.79 Å². The fourth-order valence-corrected chi connectivity index (χ4v) is 10.7. The number of carbonyl (C=O) groups excluding carboxylic acids is 1. The second-order valence-electron chi connectivity index (χ2n) is 14.5. The maximum Gasteiger partial charge on any atom is 0.139 e. The van der Waals surface area contributed by atoms with Crippen LogP contribution in [0.15, 0.2) is 11.1 Å². The van der Waals surface area contributed by atoms with E-state index in [9.17, 15) is 4.79 Å². The van der Waals surface area contributed by atoms with Gasteiger partial charge in [0, 0.05) is 11.8 Å². The van der Waals surface area contributed by atoms with Crippen LogP contribution in [0.5, 0.6) is 0 Å². The molecule has 1 nitrogen and oxygen atoms in total. The predicted octanol–water partition coefficient (Wildman–Crippen LogP) is 8.38. The lowest BCUT2D eigenvalue weighted by molar-refractivity contribution is -0.208. The Balaban J connectivity index is 1.61. The van der Waals surface area contributed by atoms with Gasteiger partial charge in [0.15, 0.2) is 0 Å². The third kappa shape index (κ3) is 2.59. The molecule has 0 unspecified atom stereocenters. The molecule has 5 aliphatic carbocycles. The fraction of sp³-hybridized carbons (Fsp3) is 0.900. The van der Waals surface area contributed by atoms with E-state index in [1.807, 2.05) is 11.1 Å². The predicted molar refractivity (Wildman–Crippen MR) is 130 cm³/mol. The Kier molecular flexibility index (Phi) is 4.66. The summed E-state index contributed by atoms with van der Waals surface area (Å²) in [5.41, 5.74) is 5.03. The quantitative estimate of drug-likeness (QED) is 0.386. The molecule has 4 fully saturated rings. The number of rotatable bonds is 1. The first-order valence-electron chi connectivity index (χ1n) is 13.6. The van der Waals surface area contributed by atoms with Crippen LogP contribution >= 0.6 is 0 Å². The van der Waals surface area contributed by atoms with Crippen LogP contribution in [0.4, 0.5) is 0 Å². The van der Waals surface area contributed by atoms with Crippen molar-refractivity contribution in [1.82, 2.24) is 0 Å². The summed E-state index contributed by atoms with van der Waals surface area (Å²) in [6, 6.07) is 0. The van der Waals surface area contributed by atoms with Gasteiger partial charge < -0.3 is 0 Å². The molecule has 7 atom stereocenters. The number of allylic oxidation sites excluding steroid dienone is 2. The van der Waals surface area contributed by atoms with Gasteiger partial charge in [0.05, 0.1) is 0 Å². The molecule has 1 heteroatoms. The van der Waals surface area contributed by atoms with Crippen LogP contribution in [-0.4, -0.2) is 5.78 Å². The van der Waals surface area contributed by atoms with Crippen LogP contribution in [0.2, 0.25) is 0 Å². The van der Waals surface area contributed by atoms with Gasteiger partial charge in [-0.15, -0.1) is 0 Å². The molecule has 0 spiro atoms. The second-order valence-corrected chi connectivity index (χ2v) is 14.5. The topological polar surface area (TPSA) is 17.1 Å². The Bertz CT molecular complexity index is 831. The standard InChI is InChI=1S/C30H48O/c1-19(2)20-11-15-27(5)17-18-28(6)21(25(20)27)9-10-23-29(28,7)16-12-22-26(3,4)14-13-24(31)30(22,23)8/h19,21-23H,9-18H2,1-8H3/t21-,22+,23+,27-,28-,29-,30+/m1/s1. The van der Waals surface area contributed by atoms with Crippen LogP contribution in [0, 0.1) is 50.7 Å². The molecule has 0 N–H and O–H groups in total. The highest BCUT2D eigenvalue weighted by Crippen LogP contribution is 2.76. The molecule has 0 bridgehead atoms. The van der Waals surface area contributed by atoms with E-state index in [-0.39, 0.29) is 5.41 Å². The van der Waals surface area contributed by atoms with Crippen molar-refractivity contribution in [2.24, 2.45) is 50.7 Å². The number of Topliss-reactive ketones (excluding diaryl/α,β-unsaturated/α-hetero) is 1. The van der Waals surface area contributed by atoms with E-state index in [0.29, 0.717) is 45.2 Å². The van der Waals surface area contributed by atoms with Crippen molar-refractivity contribution in [2.45, 2.75) is 120 Å². The first-order chi connectivity index (χ1) is 14.3. The Morgan fingerprint density at radius 1 is 0.742 bits per heavy atom. The lowest BCUT2D eigenvalue weighted by Gasteiger charge is -2.71. The van der Waals surface area contributed by atoms with Gasteiger partial charge in [0.2, 0.25) is 0 Å². The van der Waals surface area contributed by atoms with E-state index >= 15 is 0 Å². The second kappa shape index (κ2) is 6.50. The molecule has 5 aliphatic rings. The van der Waals surface area contributed by atoms with Gasteiger partial charge in [0.1, 0.15) is 5.78 Å². The highest BCUT2D eigenvalue weighted by atomic mass is 16.1. The van der Waals surface area contributed by atoms with Gasteiger partial charge in [-0.3, -0.25) is 4.79 Å². The molecule has 0 aliphatic heterocycles. The zero-order valence-corrected chi connectivity index (χ0v) is 21.8. The summed E-state index contributed by atoms with van der Waals surface area (Å²) in [7, 11) is 0. The minimum atomic E-state index is -0.103. The maximum absolute atomic E-state index is 13.7. The van der Waals surface area contributed by atoms with Crippen LogP contribution < -0.4 is 0 Å². The Labute approximate surface area is 192 Å². The molecule has 0 radical (unpaired) electrons. The number of hydrogen-bond donors (Lipinski definition) is 0. The number of hydrogen-bond acceptors (Lipinski definition) is 1. The number of fused-ring (bicyclic) bond motifs is 7. The molecular weight excluding hydrogens is 376 g/mol. The molecule has 0 saturated heterocycles. The van der Waals surface area contributed by atoms with Gasteiger partial charge in [0.25, 0.3) is 0 Å². The molecule has 0 aromatic rings. The molecule has 0 heterocycles. The summed E-state index contributed by atoms with van der Waals surface area (Å²) in [5, 5.41) is 0. The van der Waals surface area contributed by atoms with Crippen molar-refractivity contribution in [3.63, 3.8) is 0 Å². The Hall–Kier alpha value is -0.590. The van der Waals surface area contributed by atoms with Gasteiger partial charge in [-0.2, -0.15) is 0 Å². The highest BCUT2D eigenvalue weighted by Gasteiger charge is 2.69. The van der Waals surface area contributed by atoms with Gasteiger partial charge >= 0.3 is 0 Å². The minimum Gasteiger partial charge on any atom is -0.299 e. The molecule has 174 valence electrons. The first-order valence-corrected chi connectivity index (χ1v) is 13.6.